The van der Waals surface area contributed by atoms with Gasteiger partial charge in [0.2, 0.25) is 11.8 Å². The Bertz CT molecular complexity index is 1730. The van der Waals surface area contributed by atoms with Crippen molar-refractivity contribution in [3.05, 3.63) is 78.5 Å². The first-order chi connectivity index (χ1) is 21.1. The van der Waals surface area contributed by atoms with Crippen molar-refractivity contribution >= 4 is 34.1 Å². The Hall–Kier alpha value is -4.77. The zero-order valence-corrected chi connectivity index (χ0v) is 24.4. The number of anilines is 2. The second-order valence-corrected chi connectivity index (χ2v) is 11.4. The Kier molecular flexibility index (Phi) is 7.81. The molecule has 9 nitrogen and oxygen atoms in total. The van der Waals surface area contributed by atoms with Gasteiger partial charge in [0, 0.05) is 48.1 Å². The summed E-state index contributed by atoms with van der Waals surface area (Å²) in [6.45, 7) is 4.76. The van der Waals surface area contributed by atoms with Crippen LogP contribution in [0.25, 0.3) is 10.9 Å². The van der Waals surface area contributed by atoms with E-state index in [0.29, 0.717) is 40.4 Å². The number of ether oxygens (including phenoxy) is 4. The number of nitrogens with zero attached hydrogens (tertiary/aromatic N) is 1. The number of methoxy groups -OCH3 is 1. The second kappa shape index (κ2) is 11.7. The van der Waals surface area contributed by atoms with Gasteiger partial charge >= 0.3 is 0 Å². The lowest BCUT2D eigenvalue weighted by atomic mass is 10.1. The molecule has 0 bridgehead atoms. The van der Waals surface area contributed by atoms with Gasteiger partial charge in [-0.1, -0.05) is 13.8 Å². The number of pyridine rings is 1. The van der Waals surface area contributed by atoms with E-state index in [0.717, 1.165) is 19.1 Å². The van der Waals surface area contributed by atoms with Crippen molar-refractivity contribution in [2.45, 2.75) is 26.4 Å². The molecule has 1 aliphatic heterocycles. The summed E-state index contributed by atoms with van der Waals surface area (Å²) in [6, 6.07) is 14.6. The van der Waals surface area contributed by atoms with Crippen molar-refractivity contribution in [1.82, 2.24) is 4.98 Å². The lowest BCUT2D eigenvalue weighted by Gasteiger charge is -2.26. The minimum atomic E-state index is -0.694. The molecule has 4 aromatic rings. The van der Waals surface area contributed by atoms with Crippen LogP contribution in [-0.4, -0.2) is 43.2 Å². The fraction of sp³-hybridized carbons (Fsp3) is 0.303. The van der Waals surface area contributed by atoms with Crippen molar-refractivity contribution in [3.63, 3.8) is 0 Å². The molecule has 0 spiro atoms. The Morgan fingerprint density at radius 2 is 1.59 bits per heavy atom. The molecule has 3 atom stereocenters. The topological polar surface area (TPSA) is 108 Å². The molecule has 11 heteroatoms. The van der Waals surface area contributed by atoms with Crippen LogP contribution < -0.4 is 24.8 Å². The van der Waals surface area contributed by atoms with E-state index < -0.39 is 34.8 Å². The molecule has 1 saturated carbocycles. The number of aromatic nitrogens is 1. The van der Waals surface area contributed by atoms with Gasteiger partial charge in [0.15, 0.2) is 23.1 Å². The number of carbonyl (C=O) groups is 2. The van der Waals surface area contributed by atoms with E-state index in [-0.39, 0.29) is 23.4 Å². The highest BCUT2D eigenvalue weighted by Gasteiger charge is 2.65. The van der Waals surface area contributed by atoms with E-state index >= 15 is 4.39 Å². The van der Waals surface area contributed by atoms with Crippen LogP contribution in [0.3, 0.4) is 0 Å². The van der Waals surface area contributed by atoms with E-state index in [4.69, 9.17) is 18.9 Å². The molecule has 1 aliphatic carbocycles. The molecule has 0 radical (unpaired) electrons. The van der Waals surface area contributed by atoms with Crippen LogP contribution in [0, 0.1) is 28.9 Å². The smallest absolute Gasteiger partial charge is 0.228 e. The fourth-order valence-corrected chi connectivity index (χ4v) is 5.46. The van der Waals surface area contributed by atoms with Gasteiger partial charge in [0.05, 0.1) is 30.6 Å². The highest BCUT2D eigenvalue weighted by Crippen LogP contribution is 2.59. The van der Waals surface area contributed by atoms with Crippen molar-refractivity contribution < 1.29 is 37.3 Å². The zero-order valence-electron chi connectivity index (χ0n) is 24.4. The van der Waals surface area contributed by atoms with Gasteiger partial charge in [0.1, 0.15) is 18.2 Å². The molecule has 2 N–H and O–H groups in total. The largest absolute Gasteiger partial charge is 0.493 e. The summed E-state index contributed by atoms with van der Waals surface area (Å²) in [6.07, 6.45) is 2.54. The molecule has 6 rings (SSSR count). The van der Waals surface area contributed by atoms with E-state index in [2.05, 4.69) is 15.6 Å². The molecule has 0 unspecified atom stereocenters. The Balaban J connectivity index is 1.13. The summed E-state index contributed by atoms with van der Waals surface area (Å²) in [4.78, 5) is 30.4. The maximum absolute atomic E-state index is 15.2. The highest BCUT2D eigenvalue weighted by molar-refractivity contribution is 6.04. The lowest BCUT2D eigenvalue weighted by molar-refractivity contribution is -0.122. The zero-order chi connectivity index (χ0) is 31.0. The maximum atomic E-state index is 15.2. The molecule has 1 saturated heterocycles. The number of hydrogen-bond acceptors (Lipinski definition) is 7. The van der Waals surface area contributed by atoms with Gasteiger partial charge in [-0.2, -0.15) is 0 Å². The third-order valence-electron chi connectivity index (χ3n) is 8.13. The average Bonchev–Trinajstić information content (AvgIpc) is 3.56. The van der Waals surface area contributed by atoms with Crippen LogP contribution in [0.1, 0.15) is 20.3 Å². The first-order valence-electron chi connectivity index (χ1n) is 14.2. The summed E-state index contributed by atoms with van der Waals surface area (Å²) in [7, 11) is 1.53. The number of halogens is 2. The van der Waals surface area contributed by atoms with E-state index in [1.54, 1.807) is 24.4 Å². The number of benzene rings is 3. The van der Waals surface area contributed by atoms with E-state index in [1.807, 2.05) is 13.8 Å². The van der Waals surface area contributed by atoms with Crippen LogP contribution in [0.15, 0.2) is 66.9 Å². The SMILES string of the molecule is COc1cc2c(Oc3ccc(NC(=O)[C@H]4[C@@H](C(=O)Nc5ccc(F)cc5)C4(C)C)cc3F)ccnc2cc1OC[C@@H]1CCO1. The van der Waals surface area contributed by atoms with Crippen molar-refractivity contribution in [1.29, 1.82) is 0 Å². The molecular weight excluding hydrogens is 572 g/mol. The van der Waals surface area contributed by atoms with Gasteiger partial charge in [0.25, 0.3) is 0 Å². The molecule has 1 aromatic heterocycles. The number of fused-ring (bicyclic) bond motifs is 1. The number of amides is 2. The molecule has 3 aromatic carbocycles. The van der Waals surface area contributed by atoms with Gasteiger partial charge in [-0.25, -0.2) is 8.78 Å². The second-order valence-electron chi connectivity index (χ2n) is 11.4. The molecule has 2 heterocycles. The van der Waals surface area contributed by atoms with E-state index in [9.17, 15) is 14.0 Å². The highest BCUT2D eigenvalue weighted by atomic mass is 19.1. The van der Waals surface area contributed by atoms with Gasteiger partial charge in [-0.3, -0.25) is 14.6 Å². The van der Waals surface area contributed by atoms with Gasteiger partial charge in [-0.15, -0.1) is 0 Å². The molecule has 2 aliphatic rings. The summed E-state index contributed by atoms with van der Waals surface area (Å²) in [5.41, 5.74) is 0.611. The monoisotopic (exact) mass is 603 g/mol. The predicted molar refractivity (Wildman–Crippen MR) is 159 cm³/mol. The van der Waals surface area contributed by atoms with Crippen LogP contribution in [0.2, 0.25) is 0 Å². The van der Waals surface area contributed by atoms with Gasteiger partial charge < -0.3 is 29.6 Å². The third kappa shape index (κ3) is 5.87. The lowest BCUT2D eigenvalue weighted by Crippen LogP contribution is -2.32. The summed E-state index contributed by atoms with van der Waals surface area (Å²) in [5.74, 6) is -1.81. The minimum Gasteiger partial charge on any atom is -0.493 e. The Morgan fingerprint density at radius 1 is 0.909 bits per heavy atom. The molecular formula is C33H31F2N3O6. The fourth-order valence-electron chi connectivity index (χ4n) is 5.46. The average molecular weight is 604 g/mol. The summed E-state index contributed by atoms with van der Waals surface area (Å²) < 4.78 is 51.2. The normalized spacial score (nSPS) is 19.9. The molecule has 2 amide bonds. The minimum absolute atomic E-state index is 0.0540. The number of rotatable bonds is 10. The van der Waals surface area contributed by atoms with Crippen LogP contribution >= 0.6 is 0 Å². The number of nitrogens with one attached hydrogen (secondary N) is 2. The van der Waals surface area contributed by atoms with Crippen molar-refractivity contribution in [2.24, 2.45) is 17.3 Å². The summed E-state index contributed by atoms with van der Waals surface area (Å²) >= 11 is 0. The predicted octanol–water partition coefficient (Wildman–Crippen LogP) is 6.33. The molecule has 2 fully saturated rings. The van der Waals surface area contributed by atoms with Crippen LogP contribution in [0.5, 0.6) is 23.0 Å². The third-order valence-corrected chi connectivity index (χ3v) is 8.13. The van der Waals surface area contributed by atoms with Crippen molar-refractivity contribution in [3.8, 4) is 23.0 Å². The number of carbonyl (C=O) groups excluding carboxylic acids is 2. The Labute approximate surface area is 252 Å². The maximum Gasteiger partial charge on any atom is 0.228 e. The van der Waals surface area contributed by atoms with E-state index in [1.165, 1.54) is 43.5 Å². The van der Waals surface area contributed by atoms with Gasteiger partial charge in [-0.05, 0) is 53.9 Å². The molecule has 228 valence electrons. The molecule has 44 heavy (non-hydrogen) atoms. The van der Waals surface area contributed by atoms with Crippen LogP contribution in [-0.2, 0) is 14.3 Å². The first-order valence-corrected chi connectivity index (χ1v) is 14.2. The quantitative estimate of drug-likeness (QED) is 0.218. The van der Waals surface area contributed by atoms with Crippen LogP contribution in [0.4, 0.5) is 20.2 Å². The Morgan fingerprint density at radius 3 is 2.23 bits per heavy atom. The van der Waals surface area contributed by atoms with Crippen molar-refractivity contribution in [2.75, 3.05) is 31.0 Å². The summed E-state index contributed by atoms with van der Waals surface area (Å²) in [5, 5.41) is 6.03. The standard InChI is InChI=1S/C33H31F2N3O6/c1-33(2)29(31(39)37-19-6-4-18(34)5-7-19)30(33)32(40)38-20-8-9-26(23(35)14-20)44-25-10-12-36-24-16-28(27(41-3)15-22(24)25)43-17-21-11-13-42-21/h4-10,12,14-16,21,29-30H,11,13,17H2,1-3H3,(H,37,39)(H,38,40)/t21-,29-,30+/m0/s1. The first kappa shape index (κ1) is 29.3. The number of hydrogen-bond donors (Lipinski definition) is 2.